The summed E-state index contributed by atoms with van der Waals surface area (Å²) in [5.41, 5.74) is -0.803. The van der Waals surface area contributed by atoms with E-state index in [9.17, 15) is 23.3 Å². The summed E-state index contributed by atoms with van der Waals surface area (Å²) >= 11 is 0. The van der Waals surface area contributed by atoms with Crippen LogP contribution in [0.25, 0.3) is 0 Å². The van der Waals surface area contributed by atoms with Crippen molar-refractivity contribution >= 4 is 21.7 Å². The normalized spacial score (nSPS) is 22.6. The summed E-state index contributed by atoms with van der Waals surface area (Å²) in [7, 11) is -1.41. The van der Waals surface area contributed by atoms with Crippen molar-refractivity contribution in [1.82, 2.24) is 9.80 Å². The van der Waals surface area contributed by atoms with Crippen LogP contribution in [0.15, 0.2) is 0 Å². The molecule has 9 heteroatoms. The van der Waals surface area contributed by atoms with E-state index >= 15 is 0 Å². The molecule has 0 spiro atoms. The largest absolute Gasteiger partial charge is 0.455 e. The van der Waals surface area contributed by atoms with Crippen LogP contribution in [0.4, 0.5) is 0 Å². The molecule has 1 amide bonds. The molecule has 0 aromatic heterocycles. The molecule has 2 fully saturated rings. The van der Waals surface area contributed by atoms with Gasteiger partial charge in [-0.05, 0) is 12.8 Å². The molecule has 0 unspecified atom stereocenters. The second-order valence-corrected chi connectivity index (χ2v) is 9.05. The molecule has 0 N–H and O–H groups in total. The van der Waals surface area contributed by atoms with Crippen LogP contribution in [0.2, 0.25) is 0 Å². The SMILES string of the molecule is CN(C(=O)COC(=O)CN1CCS(=O)(=O)CC1)C1(C#N)CCCCC1. The number of nitrogens with zero attached hydrogens (tertiary/aromatic N) is 3. The number of likely N-dealkylation sites (N-methyl/N-ethyl adjacent to an activating group) is 1. The first-order valence-electron chi connectivity index (χ1n) is 8.54. The Morgan fingerprint density at radius 3 is 2.36 bits per heavy atom. The Balaban J connectivity index is 1.79. The molecule has 1 heterocycles. The maximum absolute atomic E-state index is 12.3. The van der Waals surface area contributed by atoms with E-state index in [4.69, 9.17) is 4.74 Å². The standard InChI is InChI=1S/C16H25N3O5S/c1-18(16(13-17)5-3-2-4-6-16)14(20)12-24-15(21)11-19-7-9-25(22,23)10-8-19/h2-12H2,1H3. The maximum Gasteiger partial charge on any atom is 0.320 e. The zero-order chi connectivity index (χ0) is 18.5. The van der Waals surface area contributed by atoms with Crippen LogP contribution >= 0.6 is 0 Å². The average molecular weight is 371 g/mol. The monoisotopic (exact) mass is 371 g/mol. The van der Waals surface area contributed by atoms with Gasteiger partial charge in [0, 0.05) is 20.1 Å². The van der Waals surface area contributed by atoms with Gasteiger partial charge in [-0.3, -0.25) is 14.5 Å². The molecule has 2 aliphatic rings. The van der Waals surface area contributed by atoms with Crippen LogP contribution in [0, 0.1) is 11.3 Å². The highest BCUT2D eigenvalue weighted by molar-refractivity contribution is 7.91. The van der Waals surface area contributed by atoms with Crippen molar-refractivity contribution in [2.75, 3.05) is 44.8 Å². The molecule has 0 aromatic rings. The van der Waals surface area contributed by atoms with E-state index in [1.807, 2.05) is 0 Å². The van der Waals surface area contributed by atoms with Gasteiger partial charge in [-0.2, -0.15) is 5.26 Å². The maximum atomic E-state index is 12.3. The van der Waals surface area contributed by atoms with Gasteiger partial charge in [0.05, 0.1) is 24.1 Å². The zero-order valence-electron chi connectivity index (χ0n) is 14.6. The van der Waals surface area contributed by atoms with Crippen LogP contribution in [0.3, 0.4) is 0 Å². The fraction of sp³-hybridized carbons (Fsp3) is 0.812. The van der Waals surface area contributed by atoms with Crippen molar-refractivity contribution in [2.24, 2.45) is 0 Å². The number of carbonyl (C=O) groups excluding carboxylic acids is 2. The summed E-state index contributed by atoms with van der Waals surface area (Å²) in [6.45, 7) is 0.159. The van der Waals surface area contributed by atoms with E-state index < -0.39 is 33.9 Å². The highest BCUT2D eigenvalue weighted by Gasteiger charge is 2.39. The van der Waals surface area contributed by atoms with Crippen LogP contribution in [-0.2, 0) is 24.2 Å². The number of ether oxygens (including phenoxy) is 1. The molecule has 0 aromatic carbocycles. The van der Waals surface area contributed by atoms with Crippen molar-refractivity contribution in [1.29, 1.82) is 5.26 Å². The second kappa shape index (κ2) is 8.15. The first kappa shape index (κ1) is 19.7. The molecule has 2 rings (SSSR count). The van der Waals surface area contributed by atoms with Gasteiger partial charge in [-0.25, -0.2) is 8.42 Å². The summed E-state index contributed by atoms with van der Waals surface area (Å²) in [6.07, 6.45) is 4.15. The van der Waals surface area contributed by atoms with E-state index in [-0.39, 0.29) is 18.1 Å². The van der Waals surface area contributed by atoms with E-state index in [1.165, 1.54) is 4.90 Å². The Morgan fingerprint density at radius 2 is 1.80 bits per heavy atom. The fourth-order valence-electron chi connectivity index (χ4n) is 3.27. The lowest BCUT2D eigenvalue weighted by Crippen LogP contribution is -2.51. The van der Waals surface area contributed by atoms with Crippen LogP contribution in [0.5, 0.6) is 0 Å². The summed E-state index contributed by atoms with van der Waals surface area (Å²) in [6, 6.07) is 2.26. The Labute approximate surface area is 148 Å². The molecular weight excluding hydrogens is 346 g/mol. The van der Waals surface area contributed by atoms with Crippen molar-refractivity contribution in [3.8, 4) is 6.07 Å². The summed E-state index contributed by atoms with van der Waals surface area (Å²) in [5.74, 6) is -0.882. The van der Waals surface area contributed by atoms with Gasteiger partial charge in [0.1, 0.15) is 5.54 Å². The lowest BCUT2D eigenvalue weighted by molar-refractivity contribution is -0.154. The molecule has 25 heavy (non-hydrogen) atoms. The van der Waals surface area contributed by atoms with Crippen LogP contribution in [0.1, 0.15) is 32.1 Å². The van der Waals surface area contributed by atoms with Crippen LogP contribution < -0.4 is 0 Å². The van der Waals surface area contributed by atoms with Gasteiger partial charge >= 0.3 is 5.97 Å². The number of rotatable bonds is 5. The number of nitriles is 1. The fourth-order valence-corrected chi connectivity index (χ4v) is 4.55. The van der Waals surface area contributed by atoms with E-state index in [2.05, 4.69) is 6.07 Å². The minimum Gasteiger partial charge on any atom is -0.455 e. The number of sulfone groups is 1. The Hall–Kier alpha value is -1.66. The zero-order valence-corrected chi connectivity index (χ0v) is 15.4. The Kier molecular flexibility index (Phi) is 6.41. The lowest BCUT2D eigenvalue weighted by Gasteiger charge is -2.38. The third-order valence-electron chi connectivity index (χ3n) is 5.05. The van der Waals surface area contributed by atoms with Gasteiger partial charge in [0.15, 0.2) is 16.4 Å². The first-order valence-corrected chi connectivity index (χ1v) is 10.4. The molecular formula is C16H25N3O5S. The van der Waals surface area contributed by atoms with Gasteiger partial charge in [0.25, 0.3) is 5.91 Å². The van der Waals surface area contributed by atoms with Gasteiger partial charge in [-0.15, -0.1) is 0 Å². The third-order valence-corrected chi connectivity index (χ3v) is 6.66. The second-order valence-electron chi connectivity index (χ2n) is 6.75. The van der Waals surface area contributed by atoms with Crippen molar-refractivity contribution < 1.29 is 22.7 Å². The van der Waals surface area contributed by atoms with Crippen LogP contribution in [-0.4, -0.2) is 80.4 Å². The number of hydrogen-bond acceptors (Lipinski definition) is 7. The molecule has 1 aliphatic carbocycles. The summed E-state index contributed by atoms with van der Waals surface area (Å²) in [4.78, 5) is 27.3. The molecule has 8 nitrogen and oxygen atoms in total. The number of carbonyl (C=O) groups is 2. The predicted molar refractivity (Wildman–Crippen MR) is 90.3 cm³/mol. The predicted octanol–water partition coefficient (Wildman–Crippen LogP) is -0.0551. The molecule has 0 bridgehead atoms. The average Bonchev–Trinajstić information content (AvgIpc) is 2.61. The summed E-state index contributed by atoms with van der Waals surface area (Å²) < 4.78 is 27.8. The topological polar surface area (TPSA) is 108 Å². The van der Waals surface area contributed by atoms with Crippen molar-refractivity contribution in [3.05, 3.63) is 0 Å². The first-order chi connectivity index (χ1) is 11.8. The highest BCUT2D eigenvalue weighted by Crippen LogP contribution is 2.32. The van der Waals surface area contributed by atoms with Gasteiger partial charge < -0.3 is 9.64 Å². The molecule has 0 radical (unpaired) electrons. The van der Waals surface area contributed by atoms with Crippen molar-refractivity contribution in [2.45, 2.75) is 37.6 Å². The lowest BCUT2D eigenvalue weighted by atomic mass is 9.81. The highest BCUT2D eigenvalue weighted by atomic mass is 32.2. The van der Waals surface area contributed by atoms with E-state index in [0.717, 1.165) is 19.3 Å². The van der Waals surface area contributed by atoms with Gasteiger partial charge in [-0.1, -0.05) is 19.3 Å². The van der Waals surface area contributed by atoms with Gasteiger partial charge in [0.2, 0.25) is 0 Å². The third kappa shape index (κ3) is 5.16. The minimum absolute atomic E-state index is 0.0318. The molecule has 1 saturated heterocycles. The number of esters is 1. The molecule has 140 valence electrons. The quantitative estimate of drug-likeness (QED) is 0.623. The molecule has 1 aliphatic heterocycles. The molecule has 0 atom stereocenters. The molecule has 1 saturated carbocycles. The number of hydrogen-bond donors (Lipinski definition) is 0. The van der Waals surface area contributed by atoms with E-state index in [0.29, 0.717) is 25.9 Å². The number of amides is 1. The Bertz CT molecular complexity index is 635. The minimum atomic E-state index is -3.00. The Morgan fingerprint density at radius 1 is 1.20 bits per heavy atom. The van der Waals surface area contributed by atoms with E-state index in [1.54, 1.807) is 11.9 Å². The summed E-state index contributed by atoms with van der Waals surface area (Å²) in [5, 5.41) is 9.49. The smallest absolute Gasteiger partial charge is 0.320 e. The van der Waals surface area contributed by atoms with Crippen molar-refractivity contribution in [3.63, 3.8) is 0 Å².